The Bertz CT molecular complexity index is 3060. The highest BCUT2D eigenvalue weighted by molar-refractivity contribution is 7.00. The van der Waals surface area contributed by atoms with E-state index in [9.17, 15) is 0 Å². The van der Waals surface area contributed by atoms with E-state index in [1.54, 1.807) is 0 Å². The fourth-order valence-corrected chi connectivity index (χ4v) is 10.2. The lowest BCUT2D eigenvalue weighted by Crippen LogP contribution is -2.61. The first-order chi connectivity index (χ1) is 28.8. The molecule has 0 fully saturated rings. The SMILES string of the molecule is Cc1cc(-c2coc3ccccc23)cc(C)c1N1c2ccc(C(C)(C)C)cc2B2c3oc4ccc(C(C)(C)C)cc4c3N(c3c(C)cc(C(C)(C)C)cc3C)c3cccc1c32. The summed E-state index contributed by atoms with van der Waals surface area (Å²) in [6.45, 7) is 29.7. The molecule has 61 heavy (non-hydrogen) atoms. The minimum Gasteiger partial charge on any atom is -0.468 e. The normalized spacial score (nSPS) is 13.9. The van der Waals surface area contributed by atoms with Gasteiger partial charge in [-0.1, -0.05) is 117 Å². The van der Waals surface area contributed by atoms with Gasteiger partial charge in [-0.15, -0.1) is 0 Å². The molecule has 0 aliphatic carbocycles. The van der Waals surface area contributed by atoms with Crippen molar-refractivity contribution >= 4 is 79.4 Å². The molecule has 4 heterocycles. The molecular weight excluding hydrogens is 743 g/mol. The number of hydrogen-bond acceptors (Lipinski definition) is 4. The molecule has 0 saturated heterocycles. The van der Waals surface area contributed by atoms with E-state index >= 15 is 0 Å². The first-order valence-corrected chi connectivity index (χ1v) is 22.0. The van der Waals surface area contributed by atoms with Gasteiger partial charge in [-0.3, -0.25) is 0 Å². The Morgan fingerprint density at radius 2 is 1.05 bits per heavy atom. The monoisotopic (exact) mass is 800 g/mol. The van der Waals surface area contributed by atoms with Crippen LogP contribution >= 0.6 is 0 Å². The molecule has 8 aromatic rings. The third kappa shape index (κ3) is 6.02. The Labute approximate surface area is 362 Å². The summed E-state index contributed by atoms with van der Waals surface area (Å²) in [5.41, 5.74) is 23.6. The molecule has 0 unspecified atom stereocenters. The molecule has 2 aromatic heterocycles. The lowest BCUT2D eigenvalue weighted by Gasteiger charge is -2.44. The zero-order valence-corrected chi connectivity index (χ0v) is 38.2. The fraction of sp³-hybridized carbons (Fsp3) is 0.286. The Morgan fingerprint density at radius 1 is 0.475 bits per heavy atom. The van der Waals surface area contributed by atoms with Gasteiger partial charge < -0.3 is 18.6 Å². The van der Waals surface area contributed by atoms with Gasteiger partial charge in [0.25, 0.3) is 6.71 Å². The lowest BCUT2D eigenvalue weighted by molar-refractivity contribution is 0.589. The van der Waals surface area contributed by atoms with Gasteiger partial charge in [0, 0.05) is 33.4 Å². The largest absolute Gasteiger partial charge is 0.468 e. The van der Waals surface area contributed by atoms with Gasteiger partial charge in [0.2, 0.25) is 0 Å². The topological polar surface area (TPSA) is 32.8 Å². The van der Waals surface area contributed by atoms with Gasteiger partial charge >= 0.3 is 0 Å². The molecule has 0 atom stereocenters. The van der Waals surface area contributed by atoms with Crippen molar-refractivity contribution in [3.63, 3.8) is 0 Å². The number of aryl methyl sites for hydroxylation is 4. The summed E-state index contributed by atoms with van der Waals surface area (Å²) in [6.07, 6.45) is 1.91. The highest BCUT2D eigenvalue weighted by Crippen LogP contribution is 2.50. The maximum Gasteiger partial charge on any atom is 0.297 e. The second-order valence-electron chi connectivity index (χ2n) is 20.9. The number of para-hydroxylation sites is 1. The summed E-state index contributed by atoms with van der Waals surface area (Å²) in [5.74, 6) is 0. The van der Waals surface area contributed by atoms with Crippen LogP contribution < -0.4 is 26.4 Å². The van der Waals surface area contributed by atoms with Crippen molar-refractivity contribution in [3.8, 4) is 11.1 Å². The summed E-state index contributed by atoms with van der Waals surface area (Å²) in [6, 6.07) is 38.8. The summed E-state index contributed by atoms with van der Waals surface area (Å²) in [7, 11) is 0. The van der Waals surface area contributed by atoms with Crippen LogP contribution in [0.3, 0.4) is 0 Å². The van der Waals surface area contributed by atoms with Crippen molar-refractivity contribution in [2.75, 3.05) is 9.80 Å². The Balaban J connectivity index is 1.29. The van der Waals surface area contributed by atoms with E-state index in [4.69, 9.17) is 8.83 Å². The minimum absolute atomic E-state index is 0.0208. The van der Waals surface area contributed by atoms with Gasteiger partial charge in [0.15, 0.2) is 0 Å². The first-order valence-electron chi connectivity index (χ1n) is 22.0. The third-order valence-electron chi connectivity index (χ3n) is 13.4. The van der Waals surface area contributed by atoms with Crippen LogP contribution in [-0.2, 0) is 16.2 Å². The second-order valence-corrected chi connectivity index (χ2v) is 20.9. The summed E-state index contributed by atoms with van der Waals surface area (Å²) < 4.78 is 13.4. The predicted octanol–water partition coefficient (Wildman–Crippen LogP) is 14.1. The van der Waals surface area contributed by atoms with Crippen LogP contribution in [0, 0.1) is 27.7 Å². The molecule has 4 nitrogen and oxygen atoms in total. The maximum atomic E-state index is 7.31. The number of fused-ring (bicyclic) bond motifs is 7. The smallest absolute Gasteiger partial charge is 0.297 e. The lowest BCUT2D eigenvalue weighted by atomic mass is 9.35. The molecule has 2 aliphatic rings. The molecule has 0 spiro atoms. The van der Waals surface area contributed by atoms with Gasteiger partial charge in [-0.05, 0) is 148 Å². The van der Waals surface area contributed by atoms with Crippen molar-refractivity contribution in [2.24, 2.45) is 0 Å². The quantitative estimate of drug-likeness (QED) is 0.167. The molecule has 0 radical (unpaired) electrons. The summed E-state index contributed by atoms with van der Waals surface area (Å²) in [4.78, 5) is 5.11. The number of nitrogens with zero attached hydrogens (tertiary/aromatic N) is 2. The molecule has 6 aromatic carbocycles. The zero-order chi connectivity index (χ0) is 43.1. The van der Waals surface area contributed by atoms with E-state index in [2.05, 4.69) is 191 Å². The van der Waals surface area contributed by atoms with Crippen LogP contribution in [0.5, 0.6) is 0 Å². The summed E-state index contributed by atoms with van der Waals surface area (Å²) >= 11 is 0. The van der Waals surface area contributed by atoms with Crippen molar-refractivity contribution in [3.05, 3.63) is 148 Å². The summed E-state index contributed by atoms with van der Waals surface area (Å²) in [5, 5.41) is 2.28. The number of furan rings is 2. The van der Waals surface area contributed by atoms with Crippen LogP contribution in [0.2, 0.25) is 0 Å². The first kappa shape index (κ1) is 39.2. The number of rotatable bonds is 3. The van der Waals surface area contributed by atoms with Gasteiger partial charge in [0.05, 0.1) is 29.0 Å². The molecule has 0 N–H and O–H groups in total. The van der Waals surface area contributed by atoms with E-state index in [0.29, 0.717) is 0 Å². The van der Waals surface area contributed by atoms with Crippen molar-refractivity contribution in [1.82, 2.24) is 0 Å². The van der Waals surface area contributed by atoms with Crippen LogP contribution in [0.25, 0.3) is 33.1 Å². The molecule has 306 valence electrons. The molecule has 0 bridgehead atoms. The molecule has 2 aliphatic heterocycles. The van der Waals surface area contributed by atoms with Gasteiger partial charge in [0.1, 0.15) is 11.2 Å². The fourth-order valence-electron chi connectivity index (χ4n) is 10.2. The molecular formula is C56H57BN2O2. The Kier molecular flexibility index (Phi) is 8.54. The van der Waals surface area contributed by atoms with Crippen molar-refractivity contribution in [1.29, 1.82) is 0 Å². The standard InChI is InChI=1S/C56H57BN2O2/c1-32-25-36(42-31-60-47-20-15-14-17-40(42)47)26-33(2)50(32)58-44-23-21-38(55(8,9)10)30-43(44)57-49-45(58)18-16-19-46(49)59(51-34(3)27-39(28-35(51)4)56(11,12)13)52-41-29-37(54(5,6)7)22-24-48(41)61-53(52)57/h14-31H,1-13H3. The van der Waals surface area contributed by atoms with Crippen LogP contribution in [0.1, 0.15) is 101 Å². The number of anilines is 6. The van der Waals surface area contributed by atoms with Crippen LogP contribution in [0.4, 0.5) is 34.1 Å². The highest BCUT2D eigenvalue weighted by Gasteiger charge is 2.47. The van der Waals surface area contributed by atoms with Crippen LogP contribution in [0.15, 0.2) is 118 Å². The van der Waals surface area contributed by atoms with E-state index in [1.165, 1.54) is 78.3 Å². The number of hydrogen-bond donors (Lipinski definition) is 0. The minimum atomic E-state index is -0.122. The molecule has 5 heteroatoms. The van der Waals surface area contributed by atoms with Crippen molar-refractivity contribution < 1.29 is 8.83 Å². The van der Waals surface area contributed by atoms with E-state index in [1.807, 2.05) is 18.4 Å². The zero-order valence-electron chi connectivity index (χ0n) is 38.2. The van der Waals surface area contributed by atoms with Gasteiger partial charge in [-0.25, -0.2) is 0 Å². The molecule has 0 amide bonds. The van der Waals surface area contributed by atoms with Gasteiger partial charge in [-0.2, -0.15) is 0 Å². The second kappa shape index (κ2) is 13.3. The van der Waals surface area contributed by atoms with E-state index in [-0.39, 0.29) is 23.0 Å². The average molecular weight is 801 g/mol. The van der Waals surface area contributed by atoms with Crippen molar-refractivity contribution in [2.45, 2.75) is 106 Å². The number of benzene rings is 6. The Morgan fingerprint density at radius 3 is 1.70 bits per heavy atom. The molecule has 0 saturated carbocycles. The average Bonchev–Trinajstić information content (AvgIpc) is 3.79. The van der Waals surface area contributed by atoms with E-state index < -0.39 is 0 Å². The highest BCUT2D eigenvalue weighted by atomic mass is 16.3. The van der Waals surface area contributed by atoms with Crippen LogP contribution in [-0.4, -0.2) is 6.71 Å². The third-order valence-corrected chi connectivity index (χ3v) is 13.4. The predicted molar refractivity (Wildman–Crippen MR) is 260 cm³/mol. The Hall–Kier alpha value is -5.94. The van der Waals surface area contributed by atoms with E-state index in [0.717, 1.165) is 44.4 Å². The maximum absolute atomic E-state index is 7.31. The molecule has 10 rings (SSSR count).